The van der Waals surface area contributed by atoms with Gasteiger partial charge in [0.05, 0.1) is 0 Å². The van der Waals surface area contributed by atoms with Crippen LogP contribution in [0.1, 0.15) is 33.4 Å². The summed E-state index contributed by atoms with van der Waals surface area (Å²) in [6.45, 7) is 0. The molecule has 0 aliphatic carbocycles. The molecule has 0 amide bonds. The molecule has 3 aromatic heterocycles. The number of hydrogen-bond donors (Lipinski definition) is 0. The molecule has 30 heavy (non-hydrogen) atoms. The van der Waals surface area contributed by atoms with E-state index >= 15 is 13.2 Å². The predicted molar refractivity (Wildman–Crippen MR) is 107 cm³/mol. The highest BCUT2D eigenvalue weighted by atomic mass is 19.1. The van der Waals surface area contributed by atoms with Crippen molar-refractivity contribution < 1.29 is 13.2 Å². The number of rotatable bonds is 6. The van der Waals surface area contributed by atoms with Crippen LogP contribution in [0.4, 0.5) is 13.2 Å². The van der Waals surface area contributed by atoms with Crippen molar-refractivity contribution in [2.45, 2.75) is 19.3 Å². The second-order valence-corrected chi connectivity index (χ2v) is 6.97. The number of benzene rings is 1. The van der Waals surface area contributed by atoms with Crippen molar-refractivity contribution >= 4 is 0 Å². The van der Waals surface area contributed by atoms with Gasteiger partial charge >= 0.3 is 0 Å². The van der Waals surface area contributed by atoms with E-state index in [0.717, 1.165) is 0 Å². The van der Waals surface area contributed by atoms with Crippen LogP contribution in [0.3, 0.4) is 0 Å². The maximum absolute atomic E-state index is 15.4. The molecule has 0 aliphatic heterocycles. The average Bonchev–Trinajstić information content (AvgIpc) is 2.79. The Morgan fingerprint density at radius 2 is 0.667 bits per heavy atom. The number of nitrogens with zero attached hydrogens (tertiary/aromatic N) is 3. The van der Waals surface area contributed by atoms with Crippen LogP contribution in [0.5, 0.6) is 0 Å². The van der Waals surface area contributed by atoms with Gasteiger partial charge in [-0.3, -0.25) is 15.0 Å². The molecule has 4 aromatic rings. The van der Waals surface area contributed by atoms with E-state index in [1.54, 1.807) is 73.6 Å². The van der Waals surface area contributed by atoms with Gasteiger partial charge in [0.1, 0.15) is 17.5 Å². The van der Waals surface area contributed by atoms with E-state index in [0.29, 0.717) is 16.7 Å². The lowest BCUT2D eigenvalue weighted by Crippen LogP contribution is -2.12. The fourth-order valence-corrected chi connectivity index (χ4v) is 3.42. The topological polar surface area (TPSA) is 38.7 Å². The highest BCUT2D eigenvalue weighted by Crippen LogP contribution is 2.30. The van der Waals surface area contributed by atoms with Gasteiger partial charge in [0.2, 0.25) is 0 Å². The van der Waals surface area contributed by atoms with E-state index in [4.69, 9.17) is 0 Å². The minimum Gasteiger partial charge on any atom is -0.265 e. The third kappa shape index (κ3) is 4.22. The molecule has 1 aromatic carbocycles. The highest BCUT2D eigenvalue weighted by Gasteiger charge is 2.25. The molecular weight excluding hydrogens is 387 g/mol. The standard InChI is InChI=1S/C24H18F3N3/c25-22-19(13-16-1-7-28-8-2-16)23(26)21(15-18-5-11-30-12-6-18)24(27)20(22)14-17-3-9-29-10-4-17/h1-12H,13-15H2. The average molecular weight is 405 g/mol. The molecule has 150 valence electrons. The van der Waals surface area contributed by atoms with Crippen molar-refractivity contribution in [3.63, 3.8) is 0 Å². The number of aromatic nitrogens is 3. The molecule has 0 spiro atoms. The molecule has 0 bridgehead atoms. The number of halogens is 3. The lowest BCUT2D eigenvalue weighted by molar-refractivity contribution is 0.499. The maximum atomic E-state index is 15.4. The van der Waals surface area contributed by atoms with E-state index in [2.05, 4.69) is 15.0 Å². The Labute approximate surface area is 172 Å². The van der Waals surface area contributed by atoms with Crippen LogP contribution in [0.2, 0.25) is 0 Å². The highest BCUT2D eigenvalue weighted by molar-refractivity contribution is 5.42. The molecule has 0 atom stereocenters. The van der Waals surface area contributed by atoms with Crippen LogP contribution in [-0.4, -0.2) is 15.0 Å². The van der Waals surface area contributed by atoms with Crippen molar-refractivity contribution in [1.29, 1.82) is 0 Å². The van der Waals surface area contributed by atoms with Gasteiger partial charge in [-0.15, -0.1) is 0 Å². The zero-order valence-electron chi connectivity index (χ0n) is 16.0. The molecule has 0 radical (unpaired) electrons. The summed E-state index contributed by atoms with van der Waals surface area (Å²) in [5.74, 6) is -2.55. The predicted octanol–water partition coefficient (Wildman–Crippen LogP) is 5.06. The Bertz CT molecular complexity index is 967. The van der Waals surface area contributed by atoms with Crippen LogP contribution < -0.4 is 0 Å². The van der Waals surface area contributed by atoms with Gasteiger partial charge in [-0.05, 0) is 53.1 Å². The minimum absolute atomic E-state index is 0.00710. The Hall–Kier alpha value is -3.54. The quantitative estimate of drug-likeness (QED) is 0.450. The SMILES string of the molecule is Fc1c(Cc2ccncc2)c(F)c(Cc2ccncc2)c(F)c1Cc1ccncc1. The first-order valence-corrected chi connectivity index (χ1v) is 9.47. The first-order chi connectivity index (χ1) is 14.6. The van der Waals surface area contributed by atoms with E-state index < -0.39 is 17.5 Å². The number of pyridine rings is 3. The molecule has 0 fully saturated rings. The Morgan fingerprint density at radius 1 is 0.433 bits per heavy atom. The van der Waals surface area contributed by atoms with E-state index in [1.807, 2.05) is 0 Å². The Morgan fingerprint density at radius 3 is 0.900 bits per heavy atom. The van der Waals surface area contributed by atoms with Crippen LogP contribution in [-0.2, 0) is 19.3 Å². The van der Waals surface area contributed by atoms with Gasteiger partial charge < -0.3 is 0 Å². The molecule has 0 saturated heterocycles. The van der Waals surface area contributed by atoms with Crippen molar-refractivity contribution in [3.05, 3.63) is 124 Å². The van der Waals surface area contributed by atoms with Crippen molar-refractivity contribution in [2.24, 2.45) is 0 Å². The third-order valence-corrected chi connectivity index (χ3v) is 4.98. The normalized spacial score (nSPS) is 10.9. The molecule has 6 heteroatoms. The van der Waals surface area contributed by atoms with Crippen LogP contribution >= 0.6 is 0 Å². The molecule has 3 nitrogen and oxygen atoms in total. The van der Waals surface area contributed by atoms with E-state index in [1.165, 1.54) is 0 Å². The zero-order chi connectivity index (χ0) is 20.9. The second kappa shape index (κ2) is 8.86. The monoisotopic (exact) mass is 405 g/mol. The van der Waals surface area contributed by atoms with Gasteiger partial charge in [0, 0.05) is 73.1 Å². The Kier molecular flexibility index (Phi) is 5.84. The van der Waals surface area contributed by atoms with E-state index in [9.17, 15) is 0 Å². The van der Waals surface area contributed by atoms with Crippen LogP contribution in [0.25, 0.3) is 0 Å². The summed E-state index contributed by atoms with van der Waals surface area (Å²) >= 11 is 0. The fourth-order valence-electron chi connectivity index (χ4n) is 3.42. The molecular formula is C24H18F3N3. The summed E-state index contributed by atoms with van der Waals surface area (Å²) in [6.07, 6.45) is 9.38. The van der Waals surface area contributed by atoms with Crippen molar-refractivity contribution in [2.75, 3.05) is 0 Å². The summed E-state index contributed by atoms with van der Waals surface area (Å²) in [7, 11) is 0. The lowest BCUT2D eigenvalue weighted by atomic mass is 9.92. The molecule has 0 saturated carbocycles. The fraction of sp³-hybridized carbons (Fsp3) is 0.125. The van der Waals surface area contributed by atoms with Crippen molar-refractivity contribution in [1.82, 2.24) is 15.0 Å². The smallest absolute Gasteiger partial charge is 0.136 e. The van der Waals surface area contributed by atoms with E-state index in [-0.39, 0.29) is 36.0 Å². The summed E-state index contributed by atoms with van der Waals surface area (Å²) in [5, 5.41) is 0. The molecule has 4 rings (SSSR count). The van der Waals surface area contributed by atoms with Crippen LogP contribution in [0.15, 0.2) is 73.6 Å². The number of hydrogen-bond acceptors (Lipinski definition) is 3. The largest absolute Gasteiger partial charge is 0.265 e. The van der Waals surface area contributed by atoms with Gasteiger partial charge in [-0.2, -0.15) is 0 Å². The molecule has 0 unspecified atom stereocenters. The van der Waals surface area contributed by atoms with Crippen molar-refractivity contribution in [3.8, 4) is 0 Å². The first kappa shape index (κ1) is 19.8. The molecule has 0 N–H and O–H groups in total. The molecule has 3 heterocycles. The van der Waals surface area contributed by atoms with Gasteiger partial charge in [0.15, 0.2) is 0 Å². The summed E-state index contributed by atoms with van der Waals surface area (Å²) in [5.41, 5.74) is 1.65. The summed E-state index contributed by atoms with van der Waals surface area (Å²) in [4.78, 5) is 11.8. The maximum Gasteiger partial charge on any atom is 0.136 e. The van der Waals surface area contributed by atoms with Gasteiger partial charge in [-0.1, -0.05) is 0 Å². The minimum atomic E-state index is -0.850. The van der Waals surface area contributed by atoms with Gasteiger partial charge in [0.25, 0.3) is 0 Å². The summed E-state index contributed by atoms with van der Waals surface area (Å²) in [6, 6.07) is 10.1. The lowest BCUT2D eigenvalue weighted by Gasteiger charge is -2.16. The zero-order valence-corrected chi connectivity index (χ0v) is 16.0. The third-order valence-electron chi connectivity index (χ3n) is 4.98. The Balaban J connectivity index is 1.83. The summed E-state index contributed by atoms with van der Waals surface area (Å²) < 4.78 is 46.1. The molecule has 0 aliphatic rings. The van der Waals surface area contributed by atoms with Gasteiger partial charge in [-0.25, -0.2) is 13.2 Å². The first-order valence-electron chi connectivity index (χ1n) is 9.47. The second-order valence-electron chi connectivity index (χ2n) is 6.97. The van der Waals surface area contributed by atoms with Crippen LogP contribution in [0, 0.1) is 17.5 Å².